The Labute approximate surface area is 145 Å². The van der Waals surface area contributed by atoms with Crippen molar-refractivity contribution >= 4 is 31.9 Å². The molecule has 118 valence electrons. The lowest BCUT2D eigenvalue weighted by molar-refractivity contribution is 0.336. The molecule has 2 rings (SSSR count). The molecule has 0 atom stereocenters. The van der Waals surface area contributed by atoms with E-state index >= 15 is 0 Å². The van der Waals surface area contributed by atoms with Gasteiger partial charge in [-0.2, -0.15) is 0 Å². The van der Waals surface area contributed by atoms with Crippen LogP contribution in [-0.2, 0) is 6.54 Å². The molecule has 0 bridgehead atoms. The fraction of sp³-hybridized carbons (Fsp3) is 0.647. The first-order chi connectivity index (χ1) is 9.71. The molecule has 1 aliphatic carbocycles. The largest absolute Gasteiger partial charge is 0.492 e. The molecule has 2 nitrogen and oxygen atoms in total. The predicted octanol–water partition coefficient (Wildman–Crippen LogP) is 5.38. The monoisotopic (exact) mass is 417 g/mol. The fourth-order valence-corrected chi connectivity index (χ4v) is 4.71. The lowest BCUT2D eigenvalue weighted by Crippen LogP contribution is -2.19. The van der Waals surface area contributed by atoms with E-state index in [0.29, 0.717) is 17.4 Å². The Morgan fingerprint density at radius 2 is 1.62 bits per heavy atom. The van der Waals surface area contributed by atoms with Crippen LogP contribution in [0.2, 0.25) is 0 Å². The number of ether oxygens (including phenoxy) is 1. The van der Waals surface area contributed by atoms with Crippen molar-refractivity contribution in [3.05, 3.63) is 26.6 Å². The van der Waals surface area contributed by atoms with Crippen LogP contribution in [0, 0.1) is 16.7 Å². The first kappa shape index (κ1) is 17.3. The maximum absolute atomic E-state index is 5.62. The summed E-state index contributed by atoms with van der Waals surface area (Å²) in [5.74, 6) is 1.63. The van der Waals surface area contributed by atoms with E-state index in [9.17, 15) is 0 Å². The first-order valence-electron chi connectivity index (χ1n) is 7.53. The second-order valence-electron chi connectivity index (χ2n) is 6.95. The van der Waals surface area contributed by atoms with E-state index in [1.165, 1.54) is 5.56 Å². The van der Waals surface area contributed by atoms with Gasteiger partial charge >= 0.3 is 0 Å². The van der Waals surface area contributed by atoms with Gasteiger partial charge in [0.15, 0.2) is 0 Å². The molecule has 1 saturated carbocycles. The highest BCUT2D eigenvalue weighted by molar-refractivity contribution is 9.11. The molecule has 4 heteroatoms. The number of hydrogen-bond donors (Lipinski definition) is 1. The summed E-state index contributed by atoms with van der Waals surface area (Å²) in [6.45, 7) is 14.1. The predicted molar refractivity (Wildman–Crippen MR) is 95.8 cm³/mol. The molecule has 0 aromatic heterocycles. The molecule has 0 saturated heterocycles. The van der Waals surface area contributed by atoms with Crippen LogP contribution in [0.5, 0.6) is 5.75 Å². The average molecular weight is 419 g/mol. The van der Waals surface area contributed by atoms with E-state index in [2.05, 4.69) is 77.0 Å². The number of halogens is 2. The van der Waals surface area contributed by atoms with E-state index in [4.69, 9.17) is 4.74 Å². The zero-order valence-electron chi connectivity index (χ0n) is 13.5. The summed E-state index contributed by atoms with van der Waals surface area (Å²) in [6.07, 6.45) is 0. The lowest BCUT2D eigenvalue weighted by atomic mass is 10.0. The van der Waals surface area contributed by atoms with Crippen molar-refractivity contribution < 1.29 is 4.74 Å². The van der Waals surface area contributed by atoms with Gasteiger partial charge in [0, 0.05) is 6.54 Å². The van der Waals surface area contributed by atoms with Gasteiger partial charge in [-0.1, -0.05) is 27.7 Å². The number of benzene rings is 1. The molecule has 0 heterocycles. The average Bonchev–Trinajstić information content (AvgIpc) is 2.76. The summed E-state index contributed by atoms with van der Waals surface area (Å²) in [4.78, 5) is 0. The van der Waals surface area contributed by atoms with Gasteiger partial charge in [-0.25, -0.2) is 0 Å². The van der Waals surface area contributed by atoms with Crippen molar-refractivity contribution in [2.24, 2.45) is 16.7 Å². The van der Waals surface area contributed by atoms with Crippen molar-refractivity contribution in [1.82, 2.24) is 5.32 Å². The second kappa shape index (κ2) is 6.21. The van der Waals surface area contributed by atoms with Crippen LogP contribution >= 0.6 is 31.9 Å². The Bertz CT molecular complexity index is 489. The highest BCUT2D eigenvalue weighted by Gasteiger charge is 2.63. The molecule has 0 aliphatic heterocycles. The van der Waals surface area contributed by atoms with Gasteiger partial charge in [-0.3, -0.25) is 0 Å². The summed E-state index contributed by atoms with van der Waals surface area (Å²) in [7, 11) is 0. The molecule has 0 radical (unpaired) electrons. The highest BCUT2D eigenvalue weighted by Crippen LogP contribution is 2.67. The Balaban J connectivity index is 1.93. The summed E-state index contributed by atoms with van der Waals surface area (Å²) in [6, 6.07) is 4.26. The van der Waals surface area contributed by atoms with Gasteiger partial charge in [-0.05, 0) is 79.8 Å². The van der Waals surface area contributed by atoms with Crippen LogP contribution in [-0.4, -0.2) is 13.2 Å². The van der Waals surface area contributed by atoms with E-state index in [0.717, 1.165) is 33.7 Å². The van der Waals surface area contributed by atoms with Gasteiger partial charge in [0.2, 0.25) is 0 Å². The minimum atomic E-state index is 0.444. The van der Waals surface area contributed by atoms with Gasteiger partial charge in [-0.15, -0.1) is 0 Å². The minimum absolute atomic E-state index is 0.444. The third-order valence-electron chi connectivity index (χ3n) is 5.34. The standard InChI is InChI=1S/C17H25Br2NO/c1-6-21-15-12(18)7-11(8-13(15)19)9-20-10-14-16(2,3)17(14,4)5/h7-8,14,20H,6,9-10H2,1-5H3. The van der Waals surface area contributed by atoms with Gasteiger partial charge in [0.1, 0.15) is 5.75 Å². The third-order valence-corrected chi connectivity index (χ3v) is 6.52. The van der Waals surface area contributed by atoms with E-state index in [1.807, 2.05) is 6.92 Å². The molecule has 0 spiro atoms. The fourth-order valence-electron chi connectivity index (χ4n) is 3.20. The van der Waals surface area contributed by atoms with Crippen molar-refractivity contribution in [2.75, 3.05) is 13.2 Å². The zero-order valence-corrected chi connectivity index (χ0v) is 16.7. The Morgan fingerprint density at radius 3 is 2.05 bits per heavy atom. The van der Waals surface area contributed by atoms with Crippen LogP contribution in [0.15, 0.2) is 21.1 Å². The molecule has 1 aromatic rings. The normalized spacial score (nSPS) is 19.6. The summed E-state index contributed by atoms with van der Waals surface area (Å²) in [5, 5.41) is 3.60. The Morgan fingerprint density at radius 1 is 1.10 bits per heavy atom. The van der Waals surface area contributed by atoms with Crippen LogP contribution in [0.25, 0.3) is 0 Å². The topological polar surface area (TPSA) is 21.3 Å². The van der Waals surface area contributed by atoms with Gasteiger partial charge < -0.3 is 10.1 Å². The van der Waals surface area contributed by atoms with E-state index in [1.54, 1.807) is 0 Å². The Kier molecular flexibility index (Phi) is 5.11. The smallest absolute Gasteiger partial charge is 0.147 e. The summed E-state index contributed by atoms with van der Waals surface area (Å²) < 4.78 is 7.62. The molecule has 21 heavy (non-hydrogen) atoms. The zero-order chi connectivity index (χ0) is 15.8. The summed E-state index contributed by atoms with van der Waals surface area (Å²) >= 11 is 7.17. The molecular weight excluding hydrogens is 394 g/mol. The van der Waals surface area contributed by atoms with Crippen molar-refractivity contribution in [2.45, 2.75) is 41.2 Å². The highest BCUT2D eigenvalue weighted by atomic mass is 79.9. The maximum Gasteiger partial charge on any atom is 0.147 e. The maximum atomic E-state index is 5.62. The lowest BCUT2D eigenvalue weighted by Gasteiger charge is -2.12. The Hall–Kier alpha value is -0.0600. The van der Waals surface area contributed by atoms with Crippen molar-refractivity contribution in [1.29, 1.82) is 0 Å². The van der Waals surface area contributed by atoms with Crippen LogP contribution in [0.3, 0.4) is 0 Å². The minimum Gasteiger partial charge on any atom is -0.492 e. The van der Waals surface area contributed by atoms with Gasteiger partial charge in [0.25, 0.3) is 0 Å². The van der Waals surface area contributed by atoms with E-state index < -0.39 is 0 Å². The number of rotatable bonds is 6. The molecule has 1 fully saturated rings. The quantitative estimate of drug-likeness (QED) is 0.669. The summed E-state index contributed by atoms with van der Waals surface area (Å²) in [5.41, 5.74) is 2.15. The molecule has 0 amide bonds. The molecule has 0 unspecified atom stereocenters. The number of hydrogen-bond acceptors (Lipinski definition) is 2. The first-order valence-corrected chi connectivity index (χ1v) is 9.11. The SMILES string of the molecule is CCOc1c(Br)cc(CNCC2C(C)(C)C2(C)C)cc1Br. The third kappa shape index (κ3) is 3.32. The second-order valence-corrected chi connectivity index (χ2v) is 8.66. The van der Waals surface area contributed by atoms with E-state index in [-0.39, 0.29) is 0 Å². The van der Waals surface area contributed by atoms with Crippen LogP contribution < -0.4 is 10.1 Å². The van der Waals surface area contributed by atoms with Gasteiger partial charge in [0.05, 0.1) is 15.6 Å². The molecule has 1 aliphatic rings. The van der Waals surface area contributed by atoms with Crippen molar-refractivity contribution in [3.63, 3.8) is 0 Å². The number of nitrogens with one attached hydrogen (secondary N) is 1. The molecular formula is C17H25Br2NO. The van der Waals surface area contributed by atoms with Crippen LogP contribution in [0.1, 0.15) is 40.2 Å². The molecule has 1 N–H and O–H groups in total. The molecule has 1 aromatic carbocycles. The van der Waals surface area contributed by atoms with Crippen LogP contribution in [0.4, 0.5) is 0 Å². The van der Waals surface area contributed by atoms with Crippen molar-refractivity contribution in [3.8, 4) is 5.75 Å².